The zero-order valence-corrected chi connectivity index (χ0v) is 9.89. The lowest BCUT2D eigenvalue weighted by atomic mass is 10.1. The van der Waals surface area contributed by atoms with E-state index in [4.69, 9.17) is 0 Å². The van der Waals surface area contributed by atoms with Crippen LogP contribution in [-0.2, 0) is 9.59 Å². The third kappa shape index (κ3) is 11.3. The minimum absolute atomic E-state index is 0.377. The van der Waals surface area contributed by atoms with Gasteiger partial charge in [-0.2, -0.15) is 0 Å². The van der Waals surface area contributed by atoms with Crippen molar-refractivity contribution < 1.29 is 9.59 Å². The molecule has 0 aliphatic rings. The first kappa shape index (κ1) is 14.3. The van der Waals surface area contributed by atoms with Crippen LogP contribution in [0.15, 0.2) is 0 Å². The van der Waals surface area contributed by atoms with Crippen molar-refractivity contribution in [3.05, 3.63) is 0 Å². The van der Waals surface area contributed by atoms with Crippen LogP contribution in [0.1, 0.15) is 71.1 Å². The monoisotopic (exact) mass is 211 g/mol. The van der Waals surface area contributed by atoms with Gasteiger partial charge in [-0.15, -0.1) is 0 Å². The summed E-state index contributed by atoms with van der Waals surface area (Å²) in [6, 6.07) is 0. The number of hydrogen-bond donors (Lipinski definition) is 0. The molecule has 0 aliphatic carbocycles. The fraction of sp³-hybridized carbons (Fsp3) is 0.846. The van der Waals surface area contributed by atoms with Gasteiger partial charge in [0.1, 0.15) is 0 Å². The molecular formula is C13H23O2. The first-order valence-electron chi connectivity index (χ1n) is 6.22. The Morgan fingerprint density at radius 1 is 0.867 bits per heavy atom. The van der Waals surface area contributed by atoms with Crippen molar-refractivity contribution in [2.24, 2.45) is 0 Å². The summed E-state index contributed by atoms with van der Waals surface area (Å²) in [5.41, 5.74) is 0. The van der Waals surface area contributed by atoms with E-state index in [0.717, 1.165) is 12.8 Å². The lowest BCUT2D eigenvalue weighted by Crippen LogP contribution is -1.97. The first-order chi connectivity index (χ1) is 7.31. The second-order valence-corrected chi connectivity index (χ2v) is 4.10. The number of carbonyl (C=O) groups excluding carboxylic acids is 2. The predicted octanol–water partition coefficient (Wildman–Crippen LogP) is 3.59. The summed E-state index contributed by atoms with van der Waals surface area (Å²) >= 11 is 0. The summed E-state index contributed by atoms with van der Waals surface area (Å²) in [4.78, 5) is 20.5. The molecule has 2 nitrogen and oxygen atoms in total. The Labute approximate surface area is 93.4 Å². The Kier molecular flexibility index (Phi) is 10.9. The van der Waals surface area contributed by atoms with Crippen LogP contribution in [0.4, 0.5) is 0 Å². The summed E-state index contributed by atoms with van der Waals surface area (Å²) in [5, 5.41) is 0. The quantitative estimate of drug-likeness (QED) is 0.386. The smallest absolute Gasteiger partial charge is 0.272 e. The number of unbranched alkanes of at least 4 members (excludes halogenated alkanes) is 8. The van der Waals surface area contributed by atoms with Gasteiger partial charge in [-0.1, -0.05) is 58.3 Å². The molecule has 0 fully saturated rings. The summed E-state index contributed by atoms with van der Waals surface area (Å²) in [5.74, 6) is -0.377. The molecule has 0 aliphatic heterocycles. The number of Topliss-reactive ketones (excluding diaryl/α,β-unsaturated/α-hetero) is 1. The van der Waals surface area contributed by atoms with E-state index < -0.39 is 0 Å². The lowest BCUT2D eigenvalue weighted by Gasteiger charge is -2.00. The van der Waals surface area contributed by atoms with Gasteiger partial charge in [0.05, 0.1) is 0 Å². The SMILES string of the molecule is CCCCCCCCCCCC(=O)[C]=O. The Morgan fingerprint density at radius 2 is 1.33 bits per heavy atom. The van der Waals surface area contributed by atoms with Gasteiger partial charge in [-0.3, -0.25) is 9.59 Å². The lowest BCUT2D eigenvalue weighted by molar-refractivity contribution is -0.113. The fourth-order valence-electron chi connectivity index (χ4n) is 1.65. The van der Waals surface area contributed by atoms with Crippen molar-refractivity contribution in [3.63, 3.8) is 0 Å². The van der Waals surface area contributed by atoms with E-state index in [-0.39, 0.29) is 5.78 Å². The Bertz CT molecular complexity index is 164. The molecular weight excluding hydrogens is 188 g/mol. The molecule has 0 unspecified atom stereocenters. The molecule has 0 saturated carbocycles. The van der Waals surface area contributed by atoms with Crippen molar-refractivity contribution in [3.8, 4) is 0 Å². The summed E-state index contributed by atoms with van der Waals surface area (Å²) in [6.07, 6.45) is 12.8. The van der Waals surface area contributed by atoms with Crippen molar-refractivity contribution in [1.29, 1.82) is 0 Å². The minimum atomic E-state index is -0.377. The number of ketones is 1. The zero-order chi connectivity index (χ0) is 11.4. The molecule has 0 atom stereocenters. The second kappa shape index (κ2) is 11.4. The van der Waals surface area contributed by atoms with E-state index in [1.165, 1.54) is 51.2 Å². The Morgan fingerprint density at radius 3 is 1.80 bits per heavy atom. The fourth-order valence-corrected chi connectivity index (χ4v) is 1.65. The topological polar surface area (TPSA) is 34.1 Å². The first-order valence-corrected chi connectivity index (χ1v) is 6.22. The minimum Gasteiger partial charge on any atom is -0.290 e. The largest absolute Gasteiger partial charge is 0.290 e. The van der Waals surface area contributed by atoms with Crippen molar-refractivity contribution in [1.82, 2.24) is 0 Å². The van der Waals surface area contributed by atoms with Crippen LogP contribution in [0.2, 0.25) is 0 Å². The average molecular weight is 211 g/mol. The van der Waals surface area contributed by atoms with Crippen LogP contribution in [0, 0.1) is 0 Å². The van der Waals surface area contributed by atoms with Crippen LogP contribution in [0.3, 0.4) is 0 Å². The van der Waals surface area contributed by atoms with Crippen molar-refractivity contribution in [2.45, 2.75) is 71.1 Å². The van der Waals surface area contributed by atoms with Gasteiger partial charge >= 0.3 is 0 Å². The van der Waals surface area contributed by atoms with Crippen LogP contribution in [0.5, 0.6) is 0 Å². The van der Waals surface area contributed by atoms with E-state index >= 15 is 0 Å². The van der Waals surface area contributed by atoms with Crippen molar-refractivity contribution >= 4 is 12.1 Å². The third-order valence-electron chi connectivity index (χ3n) is 2.62. The molecule has 0 rings (SSSR count). The number of carbonyl (C=O) groups is 1. The molecule has 0 N–H and O–H groups in total. The summed E-state index contributed by atoms with van der Waals surface area (Å²) in [7, 11) is 0. The van der Waals surface area contributed by atoms with Gasteiger partial charge in [0.25, 0.3) is 6.29 Å². The molecule has 1 radical (unpaired) electrons. The molecule has 0 spiro atoms. The molecule has 0 amide bonds. The average Bonchev–Trinajstić information content (AvgIpc) is 2.26. The molecule has 0 aromatic carbocycles. The van der Waals surface area contributed by atoms with Gasteiger partial charge in [-0.05, 0) is 6.42 Å². The summed E-state index contributed by atoms with van der Waals surface area (Å²) < 4.78 is 0. The summed E-state index contributed by atoms with van der Waals surface area (Å²) in [6.45, 7) is 2.22. The molecule has 0 aromatic heterocycles. The van der Waals surface area contributed by atoms with E-state index in [0.29, 0.717) is 6.42 Å². The van der Waals surface area contributed by atoms with Crippen LogP contribution in [0.25, 0.3) is 0 Å². The molecule has 0 bridgehead atoms. The van der Waals surface area contributed by atoms with Crippen LogP contribution < -0.4 is 0 Å². The molecule has 87 valence electrons. The van der Waals surface area contributed by atoms with Crippen LogP contribution >= 0.6 is 0 Å². The van der Waals surface area contributed by atoms with Gasteiger partial charge in [0, 0.05) is 6.42 Å². The predicted molar refractivity (Wildman–Crippen MR) is 62.5 cm³/mol. The maximum absolute atomic E-state index is 10.6. The Hall–Kier alpha value is -0.660. The highest BCUT2D eigenvalue weighted by molar-refractivity contribution is 6.25. The highest BCUT2D eigenvalue weighted by atomic mass is 16.2. The van der Waals surface area contributed by atoms with Gasteiger partial charge < -0.3 is 0 Å². The molecule has 0 saturated heterocycles. The van der Waals surface area contributed by atoms with E-state index in [2.05, 4.69) is 6.92 Å². The van der Waals surface area contributed by atoms with Crippen LogP contribution in [-0.4, -0.2) is 12.1 Å². The molecule has 0 heterocycles. The van der Waals surface area contributed by atoms with Gasteiger partial charge in [0.2, 0.25) is 5.78 Å². The van der Waals surface area contributed by atoms with Gasteiger partial charge in [-0.25, -0.2) is 0 Å². The number of hydrogen-bond acceptors (Lipinski definition) is 2. The zero-order valence-electron chi connectivity index (χ0n) is 9.89. The number of rotatable bonds is 11. The third-order valence-corrected chi connectivity index (χ3v) is 2.62. The van der Waals surface area contributed by atoms with E-state index in [1.807, 2.05) is 0 Å². The molecule has 15 heavy (non-hydrogen) atoms. The second-order valence-electron chi connectivity index (χ2n) is 4.10. The maximum atomic E-state index is 10.6. The Balaban J connectivity index is 2.98. The highest BCUT2D eigenvalue weighted by Crippen LogP contribution is 2.10. The van der Waals surface area contributed by atoms with E-state index in [1.54, 1.807) is 0 Å². The maximum Gasteiger partial charge on any atom is 0.272 e. The normalized spacial score (nSPS) is 10.2. The standard InChI is InChI=1S/C13H23O2/c1-2-3-4-5-6-7-8-9-10-11-13(15)12-14/h2-11H2,1H3. The van der Waals surface area contributed by atoms with Gasteiger partial charge in [0.15, 0.2) is 0 Å². The highest BCUT2D eigenvalue weighted by Gasteiger charge is 1.99. The van der Waals surface area contributed by atoms with E-state index in [9.17, 15) is 9.59 Å². The van der Waals surface area contributed by atoms with Crippen molar-refractivity contribution in [2.75, 3.05) is 0 Å². The molecule has 0 aromatic rings. The molecule has 2 heteroatoms.